The van der Waals surface area contributed by atoms with E-state index in [1.807, 2.05) is 0 Å². The van der Waals surface area contributed by atoms with Crippen LogP contribution in [0.15, 0.2) is 47.6 Å². The number of hydrazone groups is 1. The summed E-state index contributed by atoms with van der Waals surface area (Å²) >= 11 is 0. The van der Waals surface area contributed by atoms with Gasteiger partial charge in [-0.1, -0.05) is 18.2 Å². The minimum Gasteiger partial charge on any atom is -0.504 e. The van der Waals surface area contributed by atoms with Crippen LogP contribution in [0.4, 0.5) is 5.69 Å². The van der Waals surface area contributed by atoms with Crippen LogP contribution in [0.1, 0.15) is 5.56 Å². The van der Waals surface area contributed by atoms with Gasteiger partial charge in [0.25, 0.3) is 5.91 Å². The highest BCUT2D eigenvalue weighted by Crippen LogP contribution is 2.29. The molecule has 0 aliphatic carbocycles. The number of benzene rings is 2. The third kappa shape index (κ3) is 5.13. The number of carbonyl (C=O) groups is 1. The molecule has 0 atom stereocenters. The van der Waals surface area contributed by atoms with Crippen molar-refractivity contribution in [3.63, 3.8) is 0 Å². The molecule has 0 spiro atoms. The molecule has 28 heavy (non-hydrogen) atoms. The van der Waals surface area contributed by atoms with Crippen LogP contribution in [0.3, 0.4) is 0 Å². The number of aromatic hydroxyl groups is 1. The molecule has 0 aromatic heterocycles. The van der Waals surface area contributed by atoms with Crippen LogP contribution in [-0.4, -0.2) is 52.7 Å². The number of methoxy groups -OCH3 is 2. The number of nitrogens with zero attached hydrogens (tertiary/aromatic N) is 2. The van der Waals surface area contributed by atoms with E-state index < -0.39 is 22.5 Å². The zero-order valence-electron chi connectivity index (χ0n) is 15.6. The molecule has 0 saturated carbocycles. The van der Waals surface area contributed by atoms with Crippen LogP contribution >= 0.6 is 0 Å². The summed E-state index contributed by atoms with van der Waals surface area (Å²) in [7, 11) is -0.935. The fourth-order valence-corrected chi connectivity index (χ4v) is 3.22. The highest BCUT2D eigenvalue weighted by molar-refractivity contribution is 7.92. The first kappa shape index (κ1) is 21.0. The van der Waals surface area contributed by atoms with Crippen molar-refractivity contribution in [2.75, 3.05) is 31.3 Å². The predicted molar refractivity (Wildman–Crippen MR) is 106 cm³/mol. The number of phenolic OH excluding ortho intramolecular Hbond substituents is 1. The van der Waals surface area contributed by atoms with Gasteiger partial charge < -0.3 is 14.6 Å². The van der Waals surface area contributed by atoms with Gasteiger partial charge >= 0.3 is 0 Å². The van der Waals surface area contributed by atoms with Gasteiger partial charge in [0.1, 0.15) is 12.3 Å². The Hall–Kier alpha value is -3.27. The Balaban J connectivity index is 2.15. The summed E-state index contributed by atoms with van der Waals surface area (Å²) in [5.41, 5.74) is 2.79. The second kappa shape index (κ2) is 9.09. The first-order valence-corrected chi connectivity index (χ1v) is 9.91. The predicted octanol–water partition coefficient (Wildman–Crippen LogP) is 1.33. The molecule has 10 heteroatoms. The van der Waals surface area contributed by atoms with Crippen molar-refractivity contribution in [1.29, 1.82) is 0 Å². The monoisotopic (exact) mass is 407 g/mol. The molecule has 0 bridgehead atoms. The highest BCUT2D eigenvalue weighted by Gasteiger charge is 2.23. The van der Waals surface area contributed by atoms with Gasteiger partial charge in [0.2, 0.25) is 10.0 Å². The van der Waals surface area contributed by atoms with Gasteiger partial charge in [-0.25, -0.2) is 13.8 Å². The van der Waals surface area contributed by atoms with Crippen molar-refractivity contribution in [3.05, 3.63) is 48.0 Å². The maximum Gasteiger partial charge on any atom is 0.260 e. The molecular formula is C18H21N3O6S. The van der Waals surface area contributed by atoms with Gasteiger partial charge in [0.05, 0.1) is 32.4 Å². The fourth-order valence-electron chi connectivity index (χ4n) is 2.36. The molecule has 0 aliphatic heterocycles. The summed E-state index contributed by atoms with van der Waals surface area (Å²) in [6.45, 7) is -0.499. The quantitative estimate of drug-likeness (QED) is 0.503. The molecule has 0 fully saturated rings. The number of rotatable bonds is 8. The van der Waals surface area contributed by atoms with Crippen molar-refractivity contribution < 1.29 is 27.8 Å². The zero-order chi connectivity index (χ0) is 20.7. The number of hydrogen-bond donors (Lipinski definition) is 2. The molecule has 9 nitrogen and oxygen atoms in total. The molecule has 0 unspecified atom stereocenters. The first-order chi connectivity index (χ1) is 13.3. The average molecular weight is 407 g/mol. The number of carbonyl (C=O) groups excluding carboxylic acids is 1. The zero-order valence-corrected chi connectivity index (χ0v) is 16.4. The van der Waals surface area contributed by atoms with Gasteiger partial charge in [0, 0.05) is 5.56 Å². The van der Waals surface area contributed by atoms with Crippen molar-refractivity contribution in [1.82, 2.24) is 5.43 Å². The third-order valence-electron chi connectivity index (χ3n) is 3.68. The van der Waals surface area contributed by atoms with Crippen LogP contribution in [0.5, 0.6) is 17.2 Å². The smallest absolute Gasteiger partial charge is 0.260 e. The maximum absolute atomic E-state index is 12.2. The van der Waals surface area contributed by atoms with E-state index in [9.17, 15) is 18.3 Å². The molecule has 0 heterocycles. The minimum absolute atomic E-state index is 0.130. The Morgan fingerprint density at radius 2 is 1.79 bits per heavy atom. The molecule has 2 aromatic carbocycles. The van der Waals surface area contributed by atoms with Gasteiger partial charge in [-0.15, -0.1) is 0 Å². The molecule has 2 aromatic rings. The molecule has 0 saturated heterocycles. The molecule has 0 aliphatic rings. The Kier molecular flexibility index (Phi) is 6.83. The summed E-state index contributed by atoms with van der Waals surface area (Å²) < 4.78 is 35.4. The van der Waals surface area contributed by atoms with E-state index in [-0.39, 0.29) is 17.2 Å². The largest absolute Gasteiger partial charge is 0.504 e. The van der Waals surface area contributed by atoms with Crippen LogP contribution in [0, 0.1) is 0 Å². The lowest BCUT2D eigenvalue weighted by Gasteiger charge is -2.23. The number of sulfonamides is 1. The molecule has 2 rings (SSSR count). The molecule has 0 radical (unpaired) electrons. The van der Waals surface area contributed by atoms with Crippen LogP contribution in [-0.2, 0) is 14.8 Å². The van der Waals surface area contributed by atoms with E-state index in [2.05, 4.69) is 10.5 Å². The minimum atomic E-state index is -3.75. The lowest BCUT2D eigenvalue weighted by molar-refractivity contribution is -0.119. The second-order valence-corrected chi connectivity index (χ2v) is 7.54. The summed E-state index contributed by atoms with van der Waals surface area (Å²) in [5.74, 6) is -0.231. The van der Waals surface area contributed by atoms with Crippen molar-refractivity contribution >= 4 is 27.8 Å². The molecule has 1 amide bonds. The van der Waals surface area contributed by atoms with E-state index in [4.69, 9.17) is 9.47 Å². The normalized spacial score (nSPS) is 11.2. The number of phenols is 1. The van der Waals surface area contributed by atoms with Crippen LogP contribution in [0.2, 0.25) is 0 Å². The van der Waals surface area contributed by atoms with Crippen molar-refractivity contribution in [3.8, 4) is 17.2 Å². The standard InChI is InChI=1S/C18H21N3O6S/c1-26-15-9-5-4-8-14(15)21(28(3,24)25)12-17(22)20-19-11-13-7-6-10-16(27-2)18(13)23/h4-11,23H,12H2,1-3H3,(H,20,22)/b19-11+. The van der Waals surface area contributed by atoms with Crippen LogP contribution < -0.4 is 19.2 Å². The fraction of sp³-hybridized carbons (Fsp3) is 0.222. The second-order valence-electron chi connectivity index (χ2n) is 5.63. The molecular weight excluding hydrogens is 386 g/mol. The van der Waals surface area contributed by atoms with E-state index in [1.165, 1.54) is 26.5 Å². The highest BCUT2D eigenvalue weighted by atomic mass is 32.2. The number of hydrogen-bond acceptors (Lipinski definition) is 7. The molecule has 150 valence electrons. The number of anilines is 1. The van der Waals surface area contributed by atoms with Crippen molar-refractivity contribution in [2.24, 2.45) is 5.10 Å². The lowest BCUT2D eigenvalue weighted by Crippen LogP contribution is -2.39. The summed E-state index contributed by atoms with van der Waals surface area (Å²) in [6, 6.07) is 11.2. The Bertz CT molecular complexity index is 975. The van der Waals surface area contributed by atoms with Gasteiger partial charge in [-0.2, -0.15) is 5.10 Å². The SMILES string of the molecule is COc1ccccc1N(CC(=O)N/N=C/c1cccc(OC)c1O)S(C)(=O)=O. The van der Waals surface area contributed by atoms with E-state index in [1.54, 1.807) is 36.4 Å². The summed E-state index contributed by atoms with van der Waals surface area (Å²) in [4.78, 5) is 12.2. The number of ether oxygens (including phenoxy) is 2. The number of para-hydroxylation sites is 3. The number of nitrogens with one attached hydrogen (secondary N) is 1. The van der Waals surface area contributed by atoms with E-state index >= 15 is 0 Å². The Morgan fingerprint density at radius 3 is 2.43 bits per heavy atom. The summed E-state index contributed by atoms with van der Waals surface area (Å²) in [6.07, 6.45) is 2.22. The Labute approximate surface area is 163 Å². The Morgan fingerprint density at radius 1 is 1.14 bits per heavy atom. The molecule has 2 N–H and O–H groups in total. The topological polar surface area (TPSA) is 118 Å². The van der Waals surface area contributed by atoms with Crippen LogP contribution in [0.25, 0.3) is 0 Å². The third-order valence-corrected chi connectivity index (χ3v) is 4.81. The number of amides is 1. The lowest BCUT2D eigenvalue weighted by atomic mass is 10.2. The van der Waals surface area contributed by atoms with Gasteiger partial charge in [-0.05, 0) is 24.3 Å². The van der Waals surface area contributed by atoms with Crippen molar-refractivity contribution in [2.45, 2.75) is 0 Å². The summed E-state index contributed by atoms with van der Waals surface area (Å²) in [5, 5.41) is 13.7. The van der Waals surface area contributed by atoms with Gasteiger partial charge in [0.15, 0.2) is 11.5 Å². The average Bonchev–Trinajstić information content (AvgIpc) is 2.66. The van der Waals surface area contributed by atoms with Gasteiger partial charge in [-0.3, -0.25) is 9.10 Å². The maximum atomic E-state index is 12.2. The van der Waals surface area contributed by atoms with E-state index in [0.29, 0.717) is 11.3 Å². The first-order valence-electron chi connectivity index (χ1n) is 8.06. The van der Waals surface area contributed by atoms with E-state index in [0.717, 1.165) is 10.6 Å².